The molecule has 1 N–H and O–H groups in total. The van der Waals surface area contributed by atoms with Crippen LogP contribution in [0.1, 0.15) is 34.5 Å². The first-order valence-corrected chi connectivity index (χ1v) is 11.7. The Hall–Kier alpha value is -2.04. The van der Waals surface area contributed by atoms with Crippen LogP contribution in [0.3, 0.4) is 0 Å². The lowest BCUT2D eigenvalue weighted by Gasteiger charge is -2.13. The van der Waals surface area contributed by atoms with Crippen LogP contribution in [0.4, 0.5) is 5.13 Å². The van der Waals surface area contributed by atoms with Gasteiger partial charge in [0, 0.05) is 16.1 Å². The van der Waals surface area contributed by atoms with E-state index in [2.05, 4.69) is 20.5 Å². The number of aryl methyl sites for hydroxylation is 1. The van der Waals surface area contributed by atoms with Crippen LogP contribution in [0.25, 0.3) is 0 Å². The number of thioether (sulfide) groups is 1. The van der Waals surface area contributed by atoms with E-state index < -0.39 is 0 Å². The minimum Gasteiger partial charge on any atom is -0.300 e. The number of fused-ring (bicyclic) bond motifs is 1. The average Bonchev–Trinajstić information content (AvgIpc) is 3.44. The van der Waals surface area contributed by atoms with E-state index in [9.17, 15) is 9.59 Å². The molecule has 0 unspecified atom stereocenters. The smallest absolute Gasteiger partial charge is 0.300 e. The third kappa shape index (κ3) is 4.18. The summed E-state index contributed by atoms with van der Waals surface area (Å²) in [4.78, 5) is 30.3. The number of nitrogens with zero attached hydrogens (tertiary/aromatic N) is 4. The first-order valence-electron chi connectivity index (χ1n) is 9.04. The maximum atomic E-state index is 12.6. The molecule has 0 radical (unpaired) electrons. The van der Waals surface area contributed by atoms with Crippen LogP contribution < -0.4 is 11.0 Å². The van der Waals surface area contributed by atoms with Gasteiger partial charge in [0.2, 0.25) is 11.0 Å². The summed E-state index contributed by atoms with van der Waals surface area (Å²) in [6, 6.07) is 4.02. The molecule has 3 heterocycles. The number of anilines is 1. The molecule has 7 nitrogen and oxygen atoms in total. The third-order valence-electron chi connectivity index (χ3n) is 4.45. The highest BCUT2D eigenvalue weighted by molar-refractivity contribution is 8.00. The average molecular weight is 434 g/mol. The minimum absolute atomic E-state index is 0.167. The van der Waals surface area contributed by atoms with Gasteiger partial charge in [0.05, 0.1) is 12.3 Å². The summed E-state index contributed by atoms with van der Waals surface area (Å²) in [6.45, 7) is 2.56. The van der Waals surface area contributed by atoms with Gasteiger partial charge in [-0.1, -0.05) is 36.1 Å². The second-order valence-corrected chi connectivity index (χ2v) is 9.39. The molecule has 0 aliphatic heterocycles. The molecule has 1 aliphatic carbocycles. The lowest BCUT2D eigenvalue weighted by atomic mass is 10.2. The second-order valence-electron chi connectivity index (χ2n) is 6.34. The molecule has 1 amide bonds. The predicted octanol–water partition coefficient (Wildman–Crippen LogP) is 2.99. The number of hydrogen-bond acceptors (Lipinski definition) is 8. The van der Waals surface area contributed by atoms with Crippen LogP contribution >= 0.6 is 34.4 Å². The highest BCUT2D eigenvalue weighted by Gasteiger charge is 2.23. The van der Waals surface area contributed by atoms with E-state index in [0.29, 0.717) is 16.7 Å². The third-order valence-corrected chi connectivity index (χ3v) is 7.31. The highest BCUT2D eigenvalue weighted by atomic mass is 32.2. The number of amides is 1. The Labute approximate surface area is 174 Å². The lowest BCUT2D eigenvalue weighted by molar-refractivity contribution is -0.113. The minimum atomic E-state index is -0.242. The van der Waals surface area contributed by atoms with Gasteiger partial charge >= 0.3 is 5.69 Å². The summed E-state index contributed by atoms with van der Waals surface area (Å²) in [6.07, 6.45) is 3.57. The molecule has 0 bridgehead atoms. The summed E-state index contributed by atoms with van der Waals surface area (Å²) in [5, 5.41) is 14.8. The van der Waals surface area contributed by atoms with E-state index >= 15 is 0 Å². The molecule has 3 aromatic heterocycles. The van der Waals surface area contributed by atoms with Crippen LogP contribution in [0.2, 0.25) is 0 Å². The number of rotatable bonds is 7. The molecule has 146 valence electrons. The molecule has 10 heteroatoms. The molecule has 28 heavy (non-hydrogen) atoms. The molecular weight excluding hydrogens is 414 g/mol. The Morgan fingerprint density at radius 3 is 3.00 bits per heavy atom. The van der Waals surface area contributed by atoms with E-state index in [4.69, 9.17) is 0 Å². The van der Waals surface area contributed by atoms with E-state index in [1.807, 2.05) is 24.4 Å². The van der Waals surface area contributed by atoms with Crippen molar-refractivity contribution < 1.29 is 4.79 Å². The molecule has 0 spiro atoms. The van der Waals surface area contributed by atoms with Gasteiger partial charge < -0.3 is 0 Å². The van der Waals surface area contributed by atoms with Crippen molar-refractivity contribution in [1.29, 1.82) is 0 Å². The van der Waals surface area contributed by atoms with E-state index in [1.165, 1.54) is 23.1 Å². The maximum Gasteiger partial charge on any atom is 0.349 e. The van der Waals surface area contributed by atoms with Gasteiger partial charge in [-0.2, -0.15) is 4.98 Å². The van der Waals surface area contributed by atoms with Gasteiger partial charge in [-0.15, -0.1) is 21.5 Å². The fourth-order valence-corrected chi connectivity index (χ4v) is 5.43. The quantitative estimate of drug-likeness (QED) is 0.455. The molecule has 0 saturated heterocycles. The van der Waals surface area contributed by atoms with Crippen LogP contribution in [-0.4, -0.2) is 31.4 Å². The molecular formula is C18H19N5O2S3. The topological polar surface area (TPSA) is 89.8 Å². The summed E-state index contributed by atoms with van der Waals surface area (Å²) in [7, 11) is 0. The fourth-order valence-electron chi connectivity index (χ4n) is 3.16. The van der Waals surface area contributed by atoms with Crippen LogP contribution in [0.15, 0.2) is 27.3 Å². The van der Waals surface area contributed by atoms with Crippen LogP contribution in [0.5, 0.6) is 0 Å². The number of aromatic nitrogens is 4. The molecule has 4 rings (SSSR count). The SMILES string of the molecule is CCc1nnc(NC(=O)CSc2nc(=O)n(Cc3cccs3)c3c2CCC3)s1. The van der Waals surface area contributed by atoms with Crippen molar-refractivity contribution in [3.8, 4) is 0 Å². The largest absolute Gasteiger partial charge is 0.349 e. The highest BCUT2D eigenvalue weighted by Crippen LogP contribution is 2.30. The molecule has 0 atom stereocenters. The Bertz CT molecular complexity index is 1040. The molecule has 0 aromatic carbocycles. The molecule has 3 aromatic rings. The van der Waals surface area contributed by atoms with Gasteiger partial charge in [0.1, 0.15) is 10.0 Å². The molecule has 1 aliphatic rings. The first kappa shape index (κ1) is 19.3. The fraction of sp³-hybridized carbons (Fsp3) is 0.389. The van der Waals surface area contributed by atoms with E-state index in [0.717, 1.165) is 46.8 Å². The van der Waals surface area contributed by atoms with Gasteiger partial charge in [-0.25, -0.2) is 4.79 Å². The Balaban J connectivity index is 1.47. The second kappa shape index (κ2) is 8.54. The van der Waals surface area contributed by atoms with Crippen molar-refractivity contribution in [3.63, 3.8) is 0 Å². The lowest BCUT2D eigenvalue weighted by Crippen LogP contribution is -2.27. The van der Waals surface area contributed by atoms with Crippen molar-refractivity contribution >= 4 is 45.5 Å². The number of nitrogens with one attached hydrogen (secondary N) is 1. The van der Waals surface area contributed by atoms with Crippen molar-refractivity contribution in [2.45, 2.75) is 44.2 Å². The van der Waals surface area contributed by atoms with Crippen molar-refractivity contribution in [2.75, 3.05) is 11.1 Å². The number of hydrogen-bond donors (Lipinski definition) is 1. The summed E-state index contributed by atoms with van der Waals surface area (Å²) in [5.41, 5.74) is 1.93. The monoisotopic (exact) mass is 433 g/mol. The Morgan fingerprint density at radius 2 is 2.25 bits per heavy atom. The zero-order chi connectivity index (χ0) is 19.5. The van der Waals surface area contributed by atoms with Crippen LogP contribution in [-0.2, 0) is 30.6 Å². The summed E-state index contributed by atoms with van der Waals surface area (Å²) >= 11 is 4.34. The molecule has 0 fully saturated rings. The standard InChI is InChI=1S/C18H19N5O2S3/c1-2-15-21-22-17(28-15)19-14(24)10-27-16-12-6-3-7-13(12)23(18(25)20-16)9-11-5-4-8-26-11/h4-5,8H,2-3,6-7,9-10H2,1H3,(H,19,22,24). The van der Waals surface area contributed by atoms with Gasteiger partial charge in [-0.05, 0) is 37.1 Å². The molecule has 0 saturated carbocycles. The van der Waals surface area contributed by atoms with Gasteiger partial charge in [0.15, 0.2) is 0 Å². The number of carbonyl (C=O) groups excluding carboxylic acids is 1. The zero-order valence-electron chi connectivity index (χ0n) is 15.3. The van der Waals surface area contributed by atoms with E-state index in [1.54, 1.807) is 15.9 Å². The number of thiophene rings is 1. The van der Waals surface area contributed by atoms with Crippen LogP contribution in [0, 0.1) is 0 Å². The van der Waals surface area contributed by atoms with Crippen molar-refractivity contribution in [1.82, 2.24) is 19.7 Å². The summed E-state index contributed by atoms with van der Waals surface area (Å²) in [5.74, 6) is 0.0228. The Kier molecular flexibility index (Phi) is 5.88. The predicted molar refractivity (Wildman–Crippen MR) is 113 cm³/mol. The first-order chi connectivity index (χ1) is 13.6. The van der Waals surface area contributed by atoms with Gasteiger partial charge in [0.25, 0.3) is 0 Å². The number of carbonyl (C=O) groups is 1. The summed E-state index contributed by atoms with van der Waals surface area (Å²) < 4.78 is 1.78. The maximum absolute atomic E-state index is 12.6. The normalized spacial score (nSPS) is 12.9. The van der Waals surface area contributed by atoms with E-state index in [-0.39, 0.29) is 17.3 Å². The van der Waals surface area contributed by atoms with Crippen molar-refractivity contribution in [3.05, 3.63) is 49.1 Å². The Morgan fingerprint density at radius 1 is 1.36 bits per heavy atom. The zero-order valence-corrected chi connectivity index (χ0v) is 17.8. The van der Waals surface area contributed by atoms with Crippen molar-refractivity contribution in [2.24, 2.45) is 0 Å². The van der Waals surface area contributed by atoms with Gasteiger partial charge in [-0.3, -0.25) is 14.7 Å².